The molecule has 0 bridgehead atoms. The molecule has 0 aromatic heterocycles. The van der Waals surface area contributed by atoms with Crippen molar-refractivity contribution in [2.75, 3.05) is 0 Å². The summed E-state index contributed by atoms with van der Waals surface area (Å²) in [5.74, 6) is 0. The Balaban J connectivity index is 1.97. The Hall–Kier alpha value is -1.40. The average Bonchev–Trinajstić information content (AvgIpc) is 2.78. The van der Waals surface area contributed by atoms with Crippen molar-refractivity contribution in [1.29, 1.82) is 0 Å². The fraction of sp³-hybridized carbons (Fsp3) is 0.250. The van der Waals surface area contributed by atoms with Gasteiger partial charge in [0.05, 0.1) is 17.2 Å². The molecule has 4 nitrogen and oxygen atoms in total. The second-order valence-corrected chi connectivity index (χ2v) is 7.52. The van der Waals surface area contributed by atoms with E-state index in [2.05, 4.69) is 4.72 Å². The third kappa shape index (κ3) is 2.65. The Morgan fingerprint density at radius 2 is 1.91 bits per heavy atom. The molecule has 1 aliphatic rings. The fourth-order valence-electron chi connectivity index (χ4n) is 2.77. The molecule has 0 saturated heterocycles. The van der Waals surface area contributed by atoms with Gasteiger partial charge in [0.1, 0.15) is 4.90 Å². The maximum atomic E-state index is 12.6. The summed E-state index contributed by atoms with van der Waals surface area (Å²) in [6.07, 6.45) is -0.346. The number of benzene rings is 2. The van der Waals surface area contributed by atoms with Gasteiger partial charge in [0, 0.05) is 6.42 Å². The van der Waals surface area contributed by atoms with Gasteiger partial charge in [0.25, 0.3) is 0 Å². The molecule has 0 fully saturated rings. The number of aliphatic hydroxyl groups is 1. The van der Waals surface area contributed by atoms with Crippen molar-refractivity contribution in [3.63, 3.8) is 0 Å². The predicted molar refractivity (Wildman–Crippen MR) is 85.4 cm³/mol. The average molecular weight is 338 g/mol. The van der Waals surface area contributed by atoms with Crippen LogP contribution in [0.5, 0.6) is 0 Å². The normalized spacial score (nSPS) is 20.9. The molecule has 0 unspecified atom stereocenters. The van der Waals surface area contributed by atoms with Crippen LogP contribution in [-0.4, -0.2) is 19.6 Å². The van der Waals surface area contributed by atoms with Gasteiger partial charge in [0.2, 0.25) is 10.0 Å². The zero-order valence-corrected chi connectivity index (χ0v) is 13.5. The first-order valence-electron chi connectivity index (χ1n) is 6.93. The van der Waals surface area contributed by atoms with Crippen LogP contribution >= 0.6 is 11.6 Å². The lowest BCUT2D eigenvalue weighted by Gasteiger charge is -2.19. The van der Waals surface area contributed by atoms with E-state index in [-0.39, 0.29) is 9.92 Å². The monoisotopic (exact) mass is 337 g/mol. The maximum Gasteiger partial charge on any atom is 0.242 e. The van der Waals surface area contributed by atoms with Crippen LogP contribution in [0, 0.1) is 6.92 Å². The fourth-order valence-corrected chi connectivity index (χ4v) is 4.61. The highest BCUT2D eigenvalue weighted by molar-refractivity contribution is 7.89. The van der Waals surface area contributed by atoms with E-state index in [1.54, 1.807) is 19.1 Å². The Bertz CT molecular complexity index is 820. The molecule has 2 atom stereocenters. The Morgan fingerprint density at radius 1 is 1.18 bits per heavy atom. The molecule has 0 amide bonds. The van der Waals surface area contributed by atoms with Crippen LogP contribution in [-0.2, 0) is 16.4 Å². The highest BCUT2D eigenvalue weighted by Gasteiger charge is 2.34. The van der Waals surface area contributed by atoms with Crippen molar-refractivity contribution in [3.05, 3.63) is 64.2 Å². The standard InChI is InChI=1S/C16H16ClNO3S/c1-10-5-4-8-14(15(10)17)22(20,21)18-16-12-7-3-2-6-11(12)9-13(16)19/h2-8,13,16,18-19H,9H2,1H3/t13-,16+/m1/s1. The molecule has 6 heteroatoms. The first-order chi connectivity index (χ1) is 10.4. The number of rotatable bonds is 3. The van der Waals surface area contributed by atoms with E-state index < -0.39 is 22.2 Å². The Morgan fingerprint density at radius 3 is 2.68 bits per heavy atom. The van der Waals surface area contributed by atoms with Crippen molar-refractivity contribution in [2.45, 2.75) is 30.4 Å². The summed E-state index contributed by atoms with van der Waals surface area (Å²) in [5, 5.41) is 10.4. The minimum atomic E-state index is -3.81. The van der Waals surface area contributed by atoms with Gasteiger partial charge in [0.15, 0.2) is 0 Å². The molecular formula is C16H16ClNO3S. The van der Waals surface area contributed by atoms with Crippen molar-refractivity contribution in [2.24, 2.45) is 0 Å². The van der Waals surface area contributed by atoms with Crippen molar-refractivity contribution in [3.8, 4) is 0 Å². The third-order valence-corrected chi connectivity index (χ3v) is 6.03. The van der Waals surface area contributed by atoms with Gasteiger partial charge in [-0.05, 0) is 29.7 Å². The van der Waals surface area contributed by atoms with E-state index >= 15 is 0 Å². The third-order valence-electron chi connectivity index (χ3n) is 3.93. The van der Waals surface area contributed by atoms with E-state index in [1.807, 2.05) is 24.3 Å². The second-order valence-electron chi connectivity index (χ2n) is 5.46. The van der Waals surface area contributed by atoms with E-state index in [0.29, 0.717) is 12.0 Å². The number of hydrogen-bond donors (Lipinski definition) is 2. The van der Waals surface area contributed by atoms with Gasteiger partial charge in [-0.1, -0.05) is 48.0 Å². The van der Waals surface area contributed by atoms with Gasteiger partial charge in [-0.3, -0.25) is 0 Å². The van der Waals surface area contributed by atoms with Crippen molar-refractivity contribution < 1.29 is 13.5 Å². The summed E-state index contributed by atoms with van der Waals surface area (Å²) < 4.78 is 27.8. The first kappa shape index (κ1) is 15.5. The Kier molecular flexibility index (Phi) is 3.99. The lowest BCUT2D eigenvalue weighted by molar-refractivity contribution is 0.151. The predicted octanol–water partition coefficient (Wildman–Crippen LogP) is 2.59. The summed E-state index contributed by atoms with van der Waals surface area (Å²) in [6, 6.07) is 11.6. The molecule has 22 heavy (non-hydrogen) atoms. The van der Waals surface area contributed by atoms with E-state index in [9.17, 15) is 13.5 Å². The molecule has 0 saturated carbocycles. The maximum absolute atomic E-state index is 12.6. The van der Waals surface area contributed by atoms with Gasteiger partial charge in [-0.25, -0.2) is 13.1 Å². The zero-order chi connectivity index (χ0) is 15.9. The summed E-state index contributed by atoms with van der Waals surface area (Å²) >= 11 is 6.12. The van der Waals surface area contributed by atoms with Crippen LogP contribution in [0.4, 0.5) is 0 Å². The number of hydrogen-bond acceptors (Lipinski definition) is 3. The summed E-state index contributed by atoms with van der Waals surface area (Å²) in [7, 11) is -3.81. The molecule has 116 valence electrons. The molecule has 3 rings (SSSR count). The molecule has 1 aliphatic carbocycles. The van der Waals surface area contributed by atoms with Gasteiger partial charge < -0.3 is 5.11 Å². The van der Waals surface area contributed by atoms with Crippen LogP contribution in [0.2, 0.25) is 5.02 Å². The quantitative estimate of drug-likeness (QED) is 0.904. The minimum Gasteiger partial charge on any atom is -0.391 e. The van der Waals surface area contributed by atoms with E-state index in [4.69, 9.17) is 11.6 Å². The molecule has 2 aromatic carbocycles. The molecule has 0 heterocycles. The number of fused-ring (bicyclic) bond motifs is 1. The number of aryl methyl sites for hydroxylation is 1. The number of nitrogens with one attached hydrogen (secondary N) is 1. The molecule has 0 spiro atoms. The molecular weight excluding hydrogens is 322 g/mol. The van der Waals surface area contributed by atoms with Crippen molar-refractivity contribution >= 4 is 21.6 Å². The summed E-state index contributed by atoms with van der Waals surface area (Å²) in [4.78, 5) is 0.0331. The van der Waals surface area contributed by atoms with Crippen LogP contribution in [0.3, 0.4) is 0 Å². The van der Waals surface area contributed by atoms with Crippen LogP contribution in [0.25, 0.3) is 0 Å². The molecule has 0 aliphatic heterocycles. The highest BCUT2D eigenvalue weighted by atomic mass is 35.5. The molecule has 2 aromatic rings. The smallest absolute Gasteiger partial charge is 0.242 e. The van der Waals surface area contributed by atoms with E-state index in [0.717, 1.165) is 11.1 Å². The number of halogens is 1. The second kappa shape index (κ2) is 5.66. The summed E-state index contributed by atoms with van der Waals surface area (Å²) in [5.41, 5.74) is 2.46. The van der Waals surface area contributed by atoms with Crippen molar-refractivity contribution in [1.82, 2.24) is 4.72 Å². The van der Waals surface area contributed by atoms with Crippen LogP contribution < -0.4 is 4.72 Å². The van der Waals surface area contributed by atoms with Gasteiger partial charge >= 0.3 is 0 Å². The first-order valence-corrected chi connectivity index (χ1v) is 8.79. The summed E-state index contributed by atoms with van der Waals surface area (Å²) in [6.45, 7) is 1.75. The van der Waals surface area contributed by atoms with Crippen LogP contribution in [0.1, 0.15) is 22.7 Å². The van der Waals surface area contributed by atoms with Gasteiger partial charge in [-0.15, -0.1) is 0 Å². The minimum absolute atomic E-state index is 0.0331. The molecule has 0 radical (unpaired) electrons. The Labute approximate surface area is 134 Å². The number of sulfonamides is 1. The van der Waals surface area contributed by atoms with E-state index in [1.165, 1.54) is 6.07 Å². The molecule has 2 N–H and O–H groups in total. The lowest BCUT2D eigenvalue weighted by atomic mass is 10.1. The largest absolute Gasteiger partial charge is 0.391 e. The zero-order valence-electron chi connectivity index (χ0n) is 12.0. The lowest BCUT2D eigenvalue weighted by Crippen LogP contribution is -2.34. The van der Waals surface area contributed by atoms with Gasteiger partial charge in [-0.2, -0.15) is 0 Å². The highest BCUT2D eigenvalue weighted by Crippen LogP contribution is 2.33. The SMILES string of the molecule is Cc1cccc(S(=O)(=O)N[C@H]2c3ccccc3C[C@H]2O)c1Cl. The number of aliphatic hydroxyl groups excluding tert-OH is 1. The van der Waals surface area contributed by atoms with Crippen LogP contribution in [0.15, 0.2) is 47.4 Å². The topological polar surface area (TPSA) is 66.4 Å².